The van der Waals surface area contributed by atoms with Crippen molar-refractivity contribution in [1.82, 2.24) is 20.2 Å². The van der Waals surface area contributed by atoms with Crippen LogP contribution in [-0.2, 0) is 21.1 Å². The second-order valence-electron chi connectivity index (χ2n) is 6.58. The van der Waals surface area contributed by atoms with Crippen molar-refractivity contribution in [3.05, 3.63) is 30.1 Å². The predicted molar refractivity (Wildman–Crippen MR) is 129 cm³/mol. The van der Waals surface area contributed by atoms with E-state index in [1.165, 1.54) is 6.26 Å². The number of ether oxygens (including phenoxy) is 1. The van der Waals surface area contributed by atoms with Crippen LogP contribution in [0.3, 0.4) is 0 Å². The predicted octanol–water partition coefficient (Wildman–Crippen LogP) is 1.97. The molecule has 0 aliphatic carbocycles. The van der Waals surface area contributed by atoms with Gasteiger partial charge in [0.2, 0.25) is 0 Å². The molecular formula is C19H32IN5O3S. The van der Waals surface area contributed by atoms with Crippen molar-refractivity contribution in [1.29, 1.82) is 0 Å². The molecule has 1 aromatic heterocycles. The summed E-state index contributed by atoms with van der Waals surface area (Å²) in [6.07, 6.45) is 2.11. The molecule has 2 N–H and O–H groups in total. The third-order valence-electron chi connectivity index (χ3n) is 4.14. The van der Waals surface area contributed by atoms with Crippen molar-refractivity contribution in [2.24, 2.45) is 4.99 Å². The van der Waals surface area contributed by atoms with E-state index in [1.54, 1.807) is 0 Å². The van der Waals surface area contributed by atoms with Gasteiger partial charge in [-0.2, -0.15) is 0 Å². The van der Waals surface area contributed by atoms with Crippen LogP contribution in [0.4, 0.5) is 0 Å². The van der Waals surface area contributed by atoms with Crippen molar-refractivity contribution in [2.75, 3.05) is 44.9 Å². The number of hydrogen-bond donors (Lipinski definition) is 2. The fraction of sp³-hybridized carbons (Fsp3) is 0.579. The number of nitrogens with zero attached hydrogens (tertiary/aromatic N) is 3. The van der Waals surface area contributed by atoms with Crippen LogP contribution < -0.4 is 10.6 Å². The lowest BCUT2D eigenvalue weighted by molar-refractivity contribution is 0.154. The number of fused-ring (bicyclic) bond motifs is 1. The highest BCUT2D eigenvalue weighted by molar-refractivity contribution is 14.0. The molecule has 0 radical (unpaired) electrons. The quantitative estimate of drug-likeness (QED) is 0.197. The number of aliphatic imine (C=N–C) groups is 1. The number of para-hydroxylation sites is 2. The Bertz CT molecular complexity index is 883. The SMILES string of the molecule is CCNC(=NCCCn1c(C)nc2ccccc21)NCCOCCS(C)(=O)=O.I. The molecule has 0 amide bonds. The van der Waals surface area contributed by atoms with E-state index >= 15 is 0 Å². The summed E-state index contributed by atoms with van der Waals surface area (Å²) >= 11 is 0. The number of halogens is 1. The molecule has 0 unspecified atom stereocenters. The topological polar surface area (TPSA) is 97.6 Å². The molecular weight excluding hydrogens is 505 g/mol. The summed E-state index contributed by atoms with van der Waals surface area (Å²) < 4.78 is 29.7. The molecule has 10 heteroatoms. The number of rotatable bonds is 11. The van der Waals surface area contributed by atoms with Crippen LogP contribution in [0.2, 0.25) is 0 Å². The molecule has 1 heterocycles. The number of sulfone groups is 1. The van der Waals surface area contributed by atoms with Crippen LogP contribution in [0.25, 0.3) is 11.0 Å². The largest absolute Gasteiger partial charge is 0.379 e. The van der Waals surface area contributed by atoms with Crippen molar-refractivity contribution in [3.8, 4) is 0 Å². The first-order valence-corrected chi connectivity index (χ1v) is 11.7. The number of aryl methyl sites for hydroxylation is 2. The van der Waals surface area contributed by atoms with E-state index in [9.17, 15) is 8.42 Å². The Morgan fingerprint density at radius 3 is 2.72 bits per heavy atom. The molecule has 0 aliphatic rings. The molecule has 0 saturated heterocycles. The summed E-state index contributed by atoms with van der Waals surface area (Å²) in [6.45, 7) is 7.58. The number of nitrogens with one attached hydrogen (secondary N) is 2. The Hall–Kier alpha value is -1.40. The van der Waals surface area contributed by atoms with Gasteiger partial charge in [0.05, 0.1) is 30.0 Å². The van der Waals surface area contributed by atoms with Gasteiger partial charge in [0.25, 0.3) is 0 Å². The number of hydrogen-bond acceptors (Lipinski definition) is 5. The molecule has 29 heavy (non-hydrogen) atoms. The standard InChI is InChI=1S/C19H31N5O3S.HI/c1-4-20-19(22-11-13-27-14-15-28(3,25)26)21-10-7-12-24-16(2)23-17-8-5-6-9-18(17)24;/h5-6,8-9H,4,7,10-15H2,1-3H3,(H2,20,21,22);1H. The van der Waals surface area contributed by atoms with Gasteiger partial charge in [0.1, 0.15) is 15.7 Å². The summed E-state index contributed by atoms with van der Waals surface area (Å²) in [5.74, 6) is 1.80. The van der Waals surface area contributed by atoms with Gasteiger partial charge in [-0.3, -0.25) is 4.99 Å². The lowest BCUT2D eigenvalue weighted by Crippen LogP contribution is -2.39. The average Bonchev–Trinajstić information content (AvgIpc) is 2.95. The zero-order chi connectivity index (χ0) is 20.4. The van der Waals surface area contributed by atoms with Gasteiger partial charge in [-0.1, -0.05) is 12.1 Å². The van der Waals surface area contributed by atoms with Gasteiger partial charge in [-0.25, -0.2) is 13.4 Å². The Morgan fingerprint density at radius 2 is 2.00 bits per heavy atom. The van der Waals surface area contributed by atoms with Gasteiger partial charge in [0, 0.05) is 32.4 Å². The summed E-state index contributed by atoms with van der Waals surface area (Å²) in [6, 6.07) is 8.15. The molecule has 0 fully saturated rings. The second kappa shape index (κ2) is 13.0. The van der Waals surface area contributed by atoms with E-state index in [4.69, 9.17) is 4.74 Å². The smallest absolute Gasteiger partial charge is 0.191 e. The third kappa shape index (κ3) is 9.30. The van der Waals surface area contributed by atoms with Gasteiger partial charge in [-0.15, -0.1) is 24.0 Å². The van der Waals surface area contributed by atoms with Crippen molar-refractivity contribution < 1.29 is 13.2 Å². The monoisotopic (exact) mass is 537 g/mol. The zero-order valence-electron chi connectivity index (χ0n) is 17.3. The van der Waals surface area contributed by atoms with E-state index < -0.39 is 9.84 Å². The molecule has 0 aliphatic heterocycles. The fourth-order valence-electron chi connectivity index (χ4n) is 2.79. The maximum Gasteiger partial charge on any atom is 0.191 e. The Labute approximate surface area is 190 Å². The Balaban J connectivity index is 0.00000420. The maximum absolute atomic E-state index is 11.1. The Morgan fingerprint density at radius 1 is 1.24 bits per heavy atom. The number of imidazole rings is 1. The van der Waals surface area contributed by atoms with Gasteiger partial charge in [-0.05, 0) is 32.4 Å². The highest BCUT2D eigenvalue weighted by atomic mass is 127. The highest BCUT2D eigenvalue weighted by Gasteiger charge is 2.06. The van der Waals surface area contributed by atoms with Gasteiger partial charge in [0.15, 0.2) is 5.96 Å². The number of benzene rings is 1. The third-order valence-corrected chi connectivity index (χ3v) is 5.04. The van der Waals surface area contributed by atoms with Crippen LogP contribution in [0, 0.1) is 6.92 Å². The average molecular weight is 537 g/mol. The molecule has 8 nitrogen and oxygen atoms in total. The van der Waals surface area contributed by atoms with Crippen LogP contribution >= 0.6 is 24.0 Å². The molecule has 0 saturated carbocycles. The summed E-state index contributed by atoms with van der Waals surface area (Å²) in [5, 5.41) is 6.40. The summed E-state index contributed by atoms with van der Waals surface area (Å²) in [5.41, 5.74) is 2.18. The first kappa shape index (κ1) is 25.6. The molecule has 2 rings (SSSR count). The molecule has 2 aromatic rings. The lowest BCUT2D eigenvalue weighted by Gasteiger charge is -2.12. The molecule has 0 bridgehead atoms. The van der Waals surface area contributed by atoms with E-state index in [0.717, 1.165) is 42.3 Å². The van der Waals surface area contributed by atoms with Crippen LogP contribution in [0.5, 0.6) is 0 Å². The minimum absolute atomic E-state index is 0. The van der Waals surface area contributed by atoms with Crippen LogP contribution in [0.1, 0.15) is 19.2 Å². The molecule has 0 spiro atoms. The van der Waals surface area contributed by atoms with Crippen molar-refractivity contribution in [2.45, 2.75) is 26.8 Å². The number of guanidine groups is 1. The number of aromatic nitrogens is 2. The second-order valence-corrected chi connectivity index (χ2v) is 8.84. The maximum atomic E-state index is 11.1. The molecule has 0 atom stereocenters. The summed E-state index contributed by atoms with van der Waals surface area (Å²) in [4.78, 5) is 9.18. The van der Waals surface area contributed by atoms with E-state index in [2.05, 4.69) is 31.2 Å². The lowest BCUT2D eigenvalue weighted by atomic mass is 10.3. The van der Waals surface area contributed by atoms with Gasteiger partial charge < -0.3 is 19.9 Å². The highest BCUT2D eigenvalue weighted by Crippen LogP contribution is 2.15. The fourth-order valence-corrected chi connectivity index (χ4v) is 3.21. The Kier molecular flexibility index (Phi) is 11.5. The zero-order valence-corrected chi connectivity index (χ0v) is 20.5. The minimum Gasteiger partial charge on any atom is -0.379 e. The minimum atomic E-state index is -2.97. The van der Waals surface area contributed by atoms with E-state index in [0.29, 0.717) is 19.7 Å². The molecule has 1 aromatic carbocycles. The first-order chi connectivity index (χ1) is 13.4. The van der Waals surface area contributed by atoms with Gasteiger partial charge >= 0.3 is 0 Å². The van der Waals surface area contributed by atoms with E-state index in [1.807, 2.05) is 32.0 Å². The van der Waals surface area contributed by atoms with E-state index in [-0.39, 0.29) is 36.3 Å². The van der Waals surface area contributed by atoms with Crippen molar-refractivity contribution >= 4 is 50.8 Å². The normalized spacial score (nSPS) is 12.0. The van der Waals surface area contributed by atoms with Crippen LogP contribution in [0.15, 0.2) is 29.3 Å². The summed E-state index contributed by atoms with van der Waals surface area (Å²) in [7, 11) is -2.97. The first-order valence-electron chi connectivity index (χ1n) is 9.60. The van der Waals surface area contributed by atoms with Crippen molar-refractivity contribution in [3.63, 3.8) is 0 Å². The molecule has 164 valence electrons. The van der Waals surface area contributed by atoms with Crippen LogP contribution in [-0.4, -0.2) is 68.8 Å².